The predicted octanol–water partition coefficient (Wildman–Crippen LogP) is 15.2. The van der Waals surface area contributed by atoms with Gasteiger partial charge in [0.15, 0.2) is 0 Å². The van der Waals surface area contributed by atoms with Gasteiger partial charge in [0.2, 0.25) is 0 Å². The minimum atomic E-state index is 0.0953. The van der Waals surface area contributed by atoms with Crippen molar-refractivity contribution in [3.63, 3.8) is 0 Å². The lowest BCUT2D eigenvalue weighted by Crippen LogP contribution is -2.48. The highest BCUT2D eigenvalue weighted by molar-refractivity contribution is 6.10. The van der Waals surface area contributed by atoms with E-state index in [1.807, 2.05) is 0 Å². The van der Waals surface area contributed by atoms with Crippen molar-refractivity contribution < 1.29 is 0 Å². The summed E-state index contributed by atoms with van der Waals surface area (Å²) in [5.41, 5.74) is 19.8. The van der Waals surface area contributed by atoms with E-state index in [2.05, 4.69) is 167 Å². The van der Waals surface area contributed by atoms with Crippen LogP contribution in [0, 0.1) is 23.7 Å². The Morgan fingerprint density at radius 3 is 1.95 bits per heavy atom. The summed E-state index contributed by atoms with van der Waals surface area (Å²) < 4.78 is 2.44. The highest BCUT2D eigenvalue weighted by Crippen LogP contribution is 2.68. The summed E-state index contributed by atoms with van der Waals surface area (Å²) in [5, 5.41) is 2.58. The molecule has 0 saturated heterocycles. The molecule has 5 saturated carbocycles. The molecule has 0 amide bonds. The second-order valence-electron chi connectivity index (χ2n) is 19.6. The molecule has 60 heavy (non-hydrogen) atoms. The van der Waals surface area contributed by atoms with Gasteiger partial charge in [0, 0.05) is 44.4 Å². The fraction of sp³-hybridized carbons (Fsp3) is 0.276. The molecule has 0 radical (unpaired) electrons. The predicted molar refractivity (Wildman–Crippen MR) is 248 cm³/mol. The number of rotatable bonds is 4. The molecule has 7 aliphatic rings. The molecule has 5 fully saturated rings. The summed E-state index contributed by atoms with van der Waals surface area (Å²) in [6.45, 7) is 0. The van der Waals surface area contributed by atoms with Gasteiger partial charge in [-0.25, -0.2) is 0 Å². The Bertz CT molecular complexity index is 3040. The monoisotopic (exact) mass is 774 g/mol. The van der Waals surface area contributed by atoms with E-state index in [0.717, 1.165) is 11.8 Å². The molecule has 0 aliphatic heterocycles. The molecule has 292 valence electrons. The number of fused-ring (bicyclic) bond motifs is 12. The summed E-state index contributed by atoms with van der Waals surface area (Å²) in [6, 6.07) is 61.3. The smallest absolute Gasteiger partial charge is 0.0542 e. The SMILES string of the molecule is c1ccc(-n2c3ccccc3c3cc(N(c4ccc5c(c4)-c4ccccc4C54CCCC4)c4ccc5c(c4)C4(c6ccccc6-5)C5CCC6CC(C5)CC4C6)ccc32)cc1. The lowest BCUT2D eigenvalue weighted by atomic mass is 9.51. The van der Waals surface area contributed by atoms with Gasteiger partial charge >= 0.3 is 0 Å². The molecule has 2 spiro atoms. The zero-order valence-corrected chi connectivity index (χ0v) is 34.3. The number of para-hydroxylation sites is 2. The number of hydrogen-bond acceptors (Lipinski definition) is 1. The molecule has 2 heteroatoms. The summed E-state index contributed by atoms with van der Waals surface area (Å²) in [5.74, 6) is 3.23. The molecule has 1 heterocycles. The van der Waals surface area contributed by atoms with E-state index >= 15 is 0 Å². The van der Waals surface area contributed by atoms with Crippen molar-refractivity contribution in [2.45, 2.75) is 75.0 Å². The van der Waals surface area contributed by atoms with Crippen LogP contribution in [-0.2, 0) is 10.8 Å². The standard InChI is InChI=1S/C58H50N2/c1-2-12-41(13-3-1)60-55-19-9-6-16-48(55)50-35-43(24-27-56(50)60)59(42-23-26-52-49(34-42)46-15-4-7-17-51(46)57(52)28-10-11-29-57)44-22-25-47-45-14-5-8-18-53(45)58(54(47)36-44)39-21-20-37-30-38(32-39)33-40(58)31-37/h1-9,12-19,22-27,34-40H,10-11,20-21,28-33H2. The lowest BCUT2D eigenvalue weighted by Gasteiger charge is -2.53. The maximum atomic E-state index is 2.69. The molecule has 7 aromatic carbocycles. The van der Waals surface area contributed by atoms with Crippen molar-refractivity contribution in [3.8, 4) is 27.9 Å². The zero-order chi connectivity index (χ0) is 39.2. The minimum Gasteiger partial charge on any atom is -0.310 e. The van der Waals surface area contributed by atoms with Gasteiger partial charge in [0.25, 0.3) is 0 Å². The van der Waals surface area contributed by atoms with Crippen LogP contribution in [0.3, 0.4) is 0 Å². The molecule has 4 bridgehead atoms. The molecule has 1 aromatic heterocycles. The fourth-order valence-corrected chi connectivity index (χ4v) is 14.9. The third kappa shape index (κ3) is 4.40. The number of benzene rings is 7. The fourth-order valence-electron chi connectivity index (χ4n) is 14.9. The largest absolute Gasteiger partial charge is 0.310 e. The van der Waals surface area contributed by atoms with Crippen LogP contribution in [0.2, 0.25) is 0 Å². The molecule has 2 nitrogen and oxygen atoms in total. The van der Waals surface area contributed by atoms with Gasteiger partial charge in [-0.3, -0.25) is 0 Å². The van der Waals surface area contributed by atoms with Gasteiger partial charge in [0.05, 0.1) is 11.0 Å². The molecular weight excluding hydrogens is 725 g/mol. The van der Waals surface area contributed by atoms with Gasteiger partial charge in [-0.15, -0.1) is 0 Å². The number of nitrogens with zero attached hydrogens (tertiary/aromatic N) is 2. The van der Waals surface area contributed by atoms with E-state index in [1.54, 1.807) is 22.3 Å². The minimum absolute atomic E-state index is 0.0953. The molecule has 5 atom stereocenters. The molecule has 5 unspecified atom stereocenters. The molecule has 7 aliphatic carbocycles. The average Bonchev–Trinajstić information content (AvgIpc) is 4.02. The Labute approximate surface area is 353 Å². The number of aromatic nitrogens is 1. The Balaban J connectivity index is 1.01. The van der Waals surface area contributed by atoms with Gasteiger partial charge in [-0.05, 0) is 174 Å². The van der Waals surface area contributed by atoms with Gasteiger partial charge in [-0.1, -0.05) is 116 Å². The zero-order valence-electron chi connectivity index (χ0n) is 34.3. The quantitative estimate of drug-likeness (QED) is 0.173. The maximum Gasteiger partial charge on any atom is 0.0542 e. The highest BCUT2D eigenvalue weighted by atomic mass is 15.1. The molecular formula is C58H50N2. The Morgan fingerprint density at radius 1 is 0.433 bits per heavy atom. The first-order chi connectivity index (χ1) is 29.7. The summed E-state index contributed by atoms with van der Waals surface area (Å²) in [4.78, 5) is 2.62. The summed E-state index contributed by atoms with van der Waals surface area (Å²) in [7, 11) is 0. The van der Waals surface area contributed by atoms with Crippen molar-refractivity contribution in [3.05, 3.63) is 180 Å². The van der Waals surface area contributed by atoms with E-state index in [-0.39, 0.29) is 10.8 Å². The third-order valence-corrected chi connectivity index (χ3v) is 17.0. The number of anilines is 3. The van der Waals surface area contributed by atoms with Gasteiger partial charge in [-0.2, -0.15) is 0 Å². The van der Waals surface area contributed by atoms with Crippen LogP contribution >= 0.6 is 0 Å². The topological polar surface area (TPSA) is 8.17 Å². The average molecular weight is 775 g/mol. The van der Waals surface area contributed by atoms with Crippen molar-refractivity contribution in [2.75, 3.05) is 4.90 Å². The molecule has 15 rings (SSSR count). The van der Waals surface area contributed by atoms with Crippen LogP contribution in [0.15, 0.2) is 158 Å². The number of hydrogen-bond donors (Lipinski definition) is 0. The normalized spacial score (nSPS) is 24.9. The van der Waals surface area contributed by atoms with E-state index in [9.17, 15) is 0 Å². The highest BCUT2D eigenvalue weighted by Gasteiger charge is 2.59. The van der Waals surface area contributed by atoms with Crippen LogP contribution in [0.5, 0.6) is 0 Å². The van der Waals surface area contributed by atoms with Gasteiger partial charge in [0.1, 0.15) is 0 Å². The first-order valence-corrected chi connectivity index (χ1v) is 23.1. The lowest BCUT2D eigenvalue weighted by molar-refractivity contribution is 0.0618. The van der Waals surface area contributed by atoms with Crippen LogP contribution in [-0.4, -0.2) is 4.57 Å². The van der Waals surface area contributed by atoms with Crippen molar-refractivity contribution in [2.24, 2.45) is 23.7 Å². The van der Waals surface area contributed by atoms with Crippen LogP contribution in [0.25, 0.3) is 49.7 Å². The van der Waals surface area contributed by atoms with Crippen LogP contribution in [0.1, 0.15) is 86.5 Å². The second-order valence-corrected chi connectivity index (χ2v) is 19.6. The van der Waals surface area contributed by atoms with E-state index < -0.39 is 0 Å². The van der Waals surface area contributed by atoms with Crippen LogP contribution < -0.4 is 4.90 Å². The summed E-state index contributed by atoms with van der Waals surface area (Å²) in [6.07, 6.45) is 13.5. The maximum absolute atomic E-state index is 2.69. The molecule has 0 N–H and O–H groups in total. The summed E-state index contributed by atoms with van der Waals surface area (Å²) >= 11 is 0. The van der Waals surface area contributed by atoms with Crippen molar-refractivity contribution in [1.29, 1.82) is 0 Å². The first kappa shape index (κ1) is 33.9. The Kier molecular flexibility index (Phi) is 6.98. The van der Waals surface area contributed by atoms with E-state index in [4.69, 9.17) is 0 Å². The van der Waals surface area contributed by atoms with Crippen LogP contribution in [0.4, 0.5) is 17.1 Å². The molecule has 8 aromatic rings. The van der Waals surface area contributed by atoms with Crippen molar-refractivity contribution >= 4 is 38.9 Å². The third-order valence-electron chi connectivity index (χ3n) is 17.0. The van der Waals surface area contributed by atoms with Gasteiger partial charge < -0.3 is 9.47 Å². The van der Waals surface area contributed by atoms with Crippen molar-refractivity contribution in [1.82, 2.24) is 4.57 Å². The second kappa shape index (κ2) is 12.4. The van der Waals surface area contributed by atoms with E-state index in [1.165, 1.54) is 131 Å². The Morgan fingerprint density at radius 2 is 1.07 bits per heavy atom. The van der Waals surface area contributed by atoms with E-state index in [0.29, 0.717) is 11.8 Å². The first-order valence-electron chi connectivity index (χ1n) is 23.1. The Hall–Kier alpha value is -5.86.